The van der Waals surface area contributed by atoms with Crippen molar-refractivity contribution in [2.75, 3.05) is 0 Å². The van der Waals surface area contributed by atoms with E-state index in [1.54, 1.807) is 24.8 Å². The molecular weight excluding hydrogens is 296 g/mol. The van der Waals surface area contributed by atoms with E-state index in [1.807, 2.05) is 36.4 Å². The van der Waals surface area contributed by atoms with Gasteiger partial charge in [0.1, 0.15) is 0 Å². The van der Waals surface area contributed by atoms with Gasteiger partial charge in [-0.15, -0.1) is 0 Å². The Balaban J connectivity index is 1.92. The molecule has 4 heteroatoms. The maximum absolute atomic E-state index is 4.37. The highest BCUT2D eigenvalue weighted by Gasteiger charge is 2.09. The van der Waals surface area contributed by atoms with Crippen LogP contribution in [0.5, 0.6) is 0 Å². The number of benzene rings is 2. The number of aromatic nitrogens is 4. The van der Waals surface area contributed by atoms with E-state index in [4.69, 9.17) is 0 Å². The molecule has 0 N–H and O–H groups in total. The second-order valence-electron chi connectivity index (χ2n) is 5.31. The van der Waals surface area contributed by atoms with Crippen molar-refractivity contribution < 1.29 is 0 Å². The quantitative estimate of drug-likeness (QED) is 0.567. The molecule has 0 aliphatic heterocycles. The zero-order valence-corrected chi connectivity index (χ0v) is 12.9. The summed E-state index contributed by atoms with van der Waals surface area (Å²) in [6.45, 7) is 0. The normalized spacial score (nSPS) is 10.5. The molecule has 2 aromatic heterocycles. The summed E-state index contributed by atoms with van der Waals surface area (Å²) in [6.07, 6.45) is 6.98. The van der Waals surface area contributed by atoms with Crippen molar-refractivity contribution in [1.29, 1.82) is 0 Å². The smallest absolute Gasteiger partial charge is 0.159 e. The Morgan fingerprint density at radius 1 is 0.417 bits per heavy atom. The molecule has 24 heavy (non-hydrogen) atoms. The molecule has 0 saturated heterocycles. The largest absolute Gasteiger partial charge is 0.237 e. The minimum Gasteiger partial charge on any atom is -0.237 e. The minimum absolute atomic E-state index is 0.687. The van der Waals surface area contributed by atoms with E-state index in [-0.39, 0.29) is 0 Å². The molecule has 114 valence electrons. The Morgan fingerprint density at radius 3 is 1.38 bits per heavy atom. The fourth-order valence-corrected chi connectivity index (χ4v) is 2.58. The van der Waals surface area contributed by atoms with Gasteiger partial charge in [-0.25, -0.2) is 19.9 Å². The van der Waals surface area contributed by atoms with Gasteiger partial charge in [0.25, 0.3) is 0 Å². The molecule has 0 bridgehead atoms. The number of rotatable bonds is 3. The second kappa shape index (κ2) is 6.38. The Morgan fingerprint density at radius 2 is 0.875 bits per heavy atom. The zero-order chi connectivity index (χ0) is 16.2. The van der Waals surface area contributed by atoms with E-state index in [0.717, 1.165) is 22.3 Å². The van der Waals surface area contributed by atoms with Crippen LogP contribution in [0, 0.1) is 0 Å². The predicted molar refractivity (Wildman–Crippen MR) is 93.9 cm³/mol. The molecular formula is C20H14N4. The molecule has 2 heterocycles. The van der Waals surface area contributed by atoms with Crippen molar-refractivity contribution in [2.45, 2.75) is 0 Å². The second-order valence-corrected chi connectivity index (χ2v) is 5.31. The maximum Gasteiger partial charge on any atom is 0.159 e. The number of nitrogens with zero attached hydrogens (tertiary/aromatic N) is 4. The molecule has 2 aromatic carbocycles. The van der Waals surface area contributed by atoms with E-state index in [0.29, 0.717) is 11.6 Å². The van der Waals surface area contributed by atoms with Crippen LogP contribution in [0.2, 0.25) is 0 Å². The van der Waals surface area contributed by atoms with Gasteiger partial charge in [0.15, 0.2) is 11.6 Å². The van der Waals surface area contributed by atoms with Gasteiger partial charge < -0.3 is 0 Å². The predicted octanol–water partition coefficient (Wildman–Crippen LogP) is 4.27. The van der Waals surface area contributed by atoms with E-state index in [2.05, 4.69) is 44.2 Å². The maximum atomic E-state index is 4.37. The van der Waals surface area contributed by atoms with E-state index in [9.17, 15) is 0 Å². The molecule has 0 radical (unpaired) electrons. The van der Waals surface area contributed by atoms with Gasteiger partial charge in [-0.2, -0.15) is 0 Å². The Kier molecular flexibility index (Phi) is 3.78. The van der Waals surface area contributed by atoms with Crippen LogP contribution in [0.1, 0.15) is 0 Å². The van der Waals surface area contributed by atoms with Gasteiger partial charge in [-0.1, -0.05) is 30.3 Å². The van der Waals surface area contributed by atoms with Crippen LogP contribution >= 0.6 is 0 Å². The van der Waals surface area contributed by atoms with Crippen LogP contribution in [-0.4, -0.2) is 19.9 Å². The molecule has 0 atom stereocenters. The van der Waals surface area contributed by atoms with Gasteiger partial charge in [0.2, 0.25) is 0 Å². The molecule has 4 aromatic rings. The fourth-order valence-electron chi connectivity index (χ4n) is 2.58. The lowest BCUT2D eigenvalue weighted by Gasteiger charge is -2.09. The summed E-state index contributed by atoms with van der Waals surface area (Å²) >= 11 is 0. The molecule has 0 aliphatic rings. The molecule has 0 saturated carbocycles. The molecule has 0 spiro atoms. The Bertz CT molecular complexity index is 799. The van der Waals surface area contributed by atoms with Crippen LogP contribution in [-0.2, 0) is 0 Å². The SMILES string of the molecule is c1ccc(-c2cc(-c3ncccn3)cc(-c3ncccn3)c2)cc1. The highest BCUT2D eigenvalue weighted by molar-refractivity contribution is 5.77. The first-order chi connectivity index (χ1) is 11.9. The highest BCUT2D eigenvalue weighted by Crippen LogP contribution is 2.29. The van der Waals surface area contributed by atoms with Gasteiger partial charge in [-0.05, 0) is 41.5 Å². The lowest BCUT2D eigenvalue weighted by atomic mass is 9.99. The average molecular weight is 310 g/mol. The summed E-state index contributed by atoms with van der Waals surface area (Å²) in [5.41, 5.74) is 4.11. The van der Waals surface area contributed by atoms with Crippen molar-refractivity contribution in [3.8, 4) is 33.9 Å². The monoisotopic (exact) mass is 310 g/mol. The lowest BCUT2D eigenvalue weighted by Crippen LogP contribution is -1.92. The van der Waals surface area contributed by atoms with Gasteiger partial charge in [0, 0.05) is 35.9 Å². The van der Waals surface area contributed by atoms with Crippen molar-refractivity contribution in [2.24, 2.45) is 0 Å². The first kappa shape index (κ1) is 14.2. The number of hydrogen-bond acceptors (Lipinski definition) is 4. The van der Waals surface area contributed by atoms with Gasteiger partial charge >= 0.3 is 0 Å². The fraction of sp³-hybridized carbons (Fsp3) is 0. The first-order valence-electron chi connectivity index (χ1n) is 7.65. The molecule has 4 rings (SSSR count). The van der Waals surface area contributed by atoms with Crippen LogP contribution < -0.4 is 0 Å². The van der Waals surface area contributed by atoms with Crippen molar-refractivity contribution in [3.63, 3.8) is 0 Å². The third-order valence-electron chi connectivity index (χ3n) is 3.69. The highest BCUT2D eigenvalue weighted by atomic mass is 14.9. The molecule has 4 nitrogen and oxygen atoms in total. The summed E-state index contributed by atoms with van der Waals surface area (Å²) in [4.78, 5) is 17.5. The third-order valence-corrected chi connectivity index (χ3v) is 3.69. The van der Waals surface area contributed by atoms with E-state index < -0.39 is 0 Å². The minimum atomic E-state index is 0.687. The summed E-state index contributed by atoms with van der Waals surface area (Å²) in [7, 11) is 0. The van der Waals surface area contributed by atoms with Crippen LogP contribution in [0.3, 0.4) is 0 Å². The summed E-state index contributed by atoms with van der Waals surface area (Å²) in [5.74, 6) is 1.37. The molecule has 0 aliphatic carbocycles. The molecule has 0 fully saturated rings. The summed E-state index contributed by atoms with van der Waals surface area (Å²) in [6, 6.07) is 20.1. The Labute approximate surface area is 139 Å². The average Bonchev–Trinajstić information content (AvgIpc) is 2.70. The van der Waals surface area contributed by atoms with Crippen molar-refractivity contribution in [1.82, 2.24) is 19.9 Å². The lowest BCUT2D eigenvalue weighted by molar-refractivity contribution is 1.16. The van der Waals surface area contributed by atoms with E-state index in [1.165, 1.54) is 0 Å². The zero-order valence-electron chi connectivity index (χ0n) is 12.9. The standard InChI is InChI=1S/C20H14N4/c1-2-6-15(7-3-1)16-12-17(19-21-8-4-9-22-19)14-18(13-16)20-23-10-5-11-24-20/h1-14H. The van der Waals surface area contributed by atoms with Crippen molar-refractivity contribution >= 4 is 0 Å². The molecule has 0 amide bonds. The summed E-state index contributed by atoms with van der Waals surface area (Å²) in [5, 5.41) is 0. The van der Waals surface area contributed by atoms with Gasteiger partial charge in [-0.3, -0.25) is 0 Å². The van der Waals surface area contributed by atoms with E-state index >= 15 is 0 Å². The topological polar surface area (TPSA) is 51.6 Å². The van der Waals surface area contributed by atoms with Gasteiger partial charge in [0.05, 0.1) is 0 Å². The van der Waals surface area contributed by atoms with Crippen molar-refractivity contribution in [3.05, 3.63) is 85.5 Å². The van der Waals surface area contributed by atoms with Crippen LogP contribution in [0.15, 0.2) is 85.5 Å². The first-order valence-corrected chi connectivity index (χ1v) is 7.65. The number of hydrogen-bond donors (Lipinski definition) is 0. The summed E-state index contributed by atoms with van der Waals surface area (Å²) < 4.78 is 0. The van der Waals surface area contributed by atoms with Crippen LogP contribution in [0.25, 0.3) is 33.9 Å². The molecule has 0 unspecified atom stereocenters. The third kappa shape index (κ3) is 2.90. The Hall–Kier alpha value is -3.40. The van der Waals surface area contributed by atoms with Crippen LogP contribution in [0.4, 0.5) is 0 Å².